The Morgan fingerprint density at radius 2 is 1.95 bits per heavy atom. The molecule has 1 aliphatic carbocycles. The van der Waals surface area contributed by atoms with Gasteiger partial charge in [0, 0.05) is 0 Å². The molecule has 0 spiro atoms. The lowest BCUT2D eigenvalue weighted by Gasteiger charge is -2.27. The minimum Gasteiger partial charge on any atom is -0.0683 e. The summed E-state index contributed by atoms with van der Waals surface area (Å²) in [6, 6.07) is 6.83. The maximum atomic E-state index is 2.39. The highest BCUT2D eigenvalue weighted by Crippen LogP contribution is 2.31. The van der Waals surface area contributed by atoms with Gasteiger partial charge in [0.05, 0.1) is 0 Å². The second-order valence-corrected chi connectivity index (χ2v) is 7.32. The van der Waals surface area contributed by atoms with Crippen molar-refractivity contribution in [2.75, 3.05) is 0 Å². The van der Waals surface area contributed by atoms with Crippen LogP contribution >= 0.6 is 0 Å². The first-order chi connectivity index (χ1) is 8.88. The lowest BCUT2D eigenvalue weighted by molar-refractivity contribution is 0.243. The molecule has 0 amide bonds. The van der Waals surface area contributed by atoms with Crippen molar-refractivity contribution in [3.63, 3.8) is 0 Å². The SMILES string of the molecule is CC1=Cc2c(CCCC(C)C(C)(C)C)cccc2C1. The van der Waals surface area contributed by atoms with Crippen molar-refractivity contribution in [2.45, 2.75) is 60.3 Å². The van der Waals surface area contributed by atoms with Gasteiger partial charge in [-0.15, -0.1) is 0 Å². The van der Waals surface area contributed by atoms with Crippen LogP contribution < -0.4 is 0 Å². The van der Waals surface area contributed by atoms with Crippen LogP contribution in [0.15, 0.2) is 23.8 Å². The Kier molecular flexibility index (Phi) is 4.18. The van der Waals surface area contributed by atoms with Crippen LogP contribution in [0.2, 0.25) is 0 Å². The zero-order chi connectivity index (χ0) is 14.0. The molecule has 2 rings (SSSR count). The van der Waals surface area contributed by atoms with Gasteiger partial charge in [0.2, 0.25) is 0 Å². The monoisotopic (exact) mass is 256 g/mol. The maximum Gasteiger partial charge on any atom is -0.00605 e. The molecule has 0 saturated carbocycles. The van der Waals surface area contributed by atoms with E-state index in [-0.39, 0.29) is 0 Å². The predicted octanol–water partition coefficient (Wildman–Crippen LogP) is 5.65. The first-order valence-electron chi connectivity index (χ1n) is 7.66. The van der Waals surface area contributed by atoms with E-state index in [2.05, 4.69) is 58.9 Å². The molecule has 0 bridgehead atoms. The number of rotatable bonds is 4. The Morgan fingerprint density at radius 3 is 2.63 bits per heavy atom. The summed E-state index contributed by atoms with van der Waals surface area (Å²) in [5.74, 6) is 0.793. The predicted molar refractivity (Wildman–Crippen MR) is 85.4 cm³/mol. The van der Waals surface area contributed by atoms with Gasteiger partial charge in [-0.05, 0) is 60.6 Å². The molecule has 1 aliphatic rings. The molecular weight excluding hydrogens is 228 g/mol. The average Bonchev–Trinajstić information content (AvgIpc) is 2.68. The van der Waals surface area contributed by atoms with Crippen molar-refractivity contribution < 1.29 is 0 Å². The zero-order valence-electron chi connectivity index (χ0n) is 13.2. The molecule has 0 nitrogen and oxygen atoms in total. The quantitative estimate of drug-likeness (QED) is 0.653. The fourth-order valence-corrected chi connectivity index (χ4v) is 2.85. The van der Waals surface area contributed by atoms with Gasteiger partial charge < -0.3 is 0 Å². The van der Waals surface area contributed by atoms with Crippen molar-refractivity contribution in [1.29, 1.82) is 0 Å². The van der Waals surface area contributed by atoms with Crippen LogP contribution in [0.5, 0.6) is 0 Å². The summed E-state index contributed by atoms with van der Waals surface area (Å²) in [6.45, 7) is 11.7. The molecule has 1 aromatic carbocycles. The van der Waals surface area contributed by atoms with Gasteiger partial charge in [-0.1, -0.05) is 57.5 Å². The average molecular weight is 256 g/mol. The third-order valence-electron chi connectivity index (χ3n) is 4.71. The van der Waals surface area contributed by atoms with Gasteiger partial charge in [0.15, 0.2) is 0 Å². The van der Waals surface area contributed by atoms with E-state index in [1.54, 1.807) is 5.56 Å². The van der Waals surface area contributed by atoms with E-state index in [4.69, 9.17) is 0 Å². The van der Waals surface area contributed by atoms with Crippen LogP contribution in [-0.4, -0.2) is 0 Å². The number of fused-ring (bicyclic) bond motifs is 1. The summed E-state index contributed by atoms with van der Waals surface area (Å²) in [5, 5.41) is 0. The summed E-state index contributed by atoms with van der Waals surface area (Å²) in [7, 11) is 0. The lowest BCUT2D eigenvalue weighted by Crippen LogP contribution is -2.17. The molecule has 0 radical (unpaired) electrons. The van der Waals surface area contributed by atoms with Gasteiger partial charge in [0.1, 0.15) is 0 Å². The van der Waals surface area contributed by atoms with Crippen LogP contribution in [0.3, 0.4) is 0 Å². The number of benzene rings is 1. The van der Waals surface area contributed by atoms with Crippen molar-refractivity contribution in [3.05, 3.63) is 40.5 Å². The lowest BCUT2D eigenvalue weighted by atomic mass is 9.79. The number of aryl methyl sites for hydroxylation is 1. The van der Waals surface area contributed by atoms with Gasteiger partial charge in [-0.25, -0.2) is 0 Å². The molecule has 104 valence electrons. The maximum absolute atomic E-state index is 2.39. The molecule has 1 atom stereocenters. The summed E-state index contributed by atoms with van der Waals surface area (Å²) in [5.41, 5.74) is 6.54. The second-order valence-electron chi connectivity index (χ2n) is 7.32. The highest BCUT2D eigenvalue weighted by atomic mass is 14.2. The molecule has 0 aliphatic heterocycles. The molecule has 0 heteroatoms. The van der Waals surface area contributed by atoms with Crippen LogP contribution in [0, 0.1) is 11.3 Å². The van der Waals surface area contributed by atoms with Crippen molar-refractivity contribution in [1.82, 2.24) is 0 Å². The van der Waals surface area contributed by atoms with Gasteiger partial charge in [-0.3, -0.25) is 0 Å². The molecule has 1 aromatic rings. The fraction of sp³-hybridized carbons (Fsp3) is 0.579. The first-order valence-corrected chi connectivity index (χ1v) is 7.66. The third-order valence-corrected chi connectivity index (χ3v) is 4.71. The largest absolute Gasteiger partial charge is 0.0683 e. The van der Waals surface area contributed by atoms with E-state index >= 15 is 0 Å². The molecule has 1 unspecified atom stereocenters. The summed E-state index contributed by atoms with van der Waals surface area (Å²) in [6.07, 6.45) is 7.41. The molecule has 0 N–H and O–H groups in total. The molecule has 0 fully saturated rings. The second kappa shape index (κ2) is 5.53. The molecule has 0 heterocycles. The highest BCUT2D eigenvalue weighted by Gasteiger charge is 2.19. The molecule has 19 heavy (non-hydrogen) atoms. The first kappa shape index (κ1) is 14.4. The van der Waals surface area contributed by atoms with Gasteiger partial charge >= 0.3 is 0 Å². The Balaban J connectivity index is 1.97. The Labute approximate surface area is 118 Å². The van der Waals surface area contributed by atoms with Crippen LogP contribution in [-0.2, 0) is 12.8 Å². The Bertz CT molecular complexity index is 471. The fourth-order valence-electron chi connectivity index (χ4n) is 2.85. The summed E-state index contributed by atoms with van der Waals surface area (Å²) >= 11 is 0. The number of hydrogen-bond donors (Lipinski definition) is 0. The molecule has 0 saturated heterocycles. The van der Waals surface area contributed by atoms with Crippen LogP contribution in [0.4, 0.5) is 0 Å². The standard InChI is InChI=1S/C19H28/c1-14-12-17-11-7-10-16(18(17)13-14)9-6-8-15(2)19(3,4)5/h7,10-11,13,15H,6,8-9,12H2,1-5H3. The Hall–Kier alpha value is -1.04. The van der Waals surface area contributed by atoms with E-state index in [0.29, 0.717) is 5.41 Å². The summed E-state index contributed by atoms with van der Waals surface area (Å²) < 4.78 is 0. The summed E-state index contributed by atoms with van der Waals surface area (Å²) in [4.78, 5) is 0. The minimum atomic E-state index is 0.440. The topological polar surface area (TPSA) is 0 Å². The normalized spacial score (nSPS) is 16.2. The molecular formula is C19H28. The molecule has 0 aromatic heterocycles. The zero-order valence-corrected chi connectivity index (χ0v) is 13.2. The van der Waals surface area contributed by atoms with Gasteiger partial charge in [-0.2, -0.15) is 0 Å². The number of allylic oxidation sites excluding steroid dienone is 1. The van der Waals surface area contributed by atoms with Crippen molar-refractivity contribution >= 4 is 6.08 Å². The van der Waals surface area contributed by atoms with E-state index < -0.39 is 0 Å². The van der Waals surface area contributed by atoms with Gasteiger partial charge in [0.25, 0.3) is 0 Å². The van der Waals surface area contributed by atoms with Crippen LogP contribution in [0.25, 0.3) is 6.08 Å². The third kappa shape index (κ3) is 3.49. The Morgan fingerprint density at radius 1 is 1.21 bits per heavy atom. The highest BCUT2D eigenvalue weighted by molar-refractivity contribution is 5.66. The van der Waals surface area contributed by atoms with Crippen molar-refractivity contribution in [2.24, 2.45) is 11.3 Å². The smallest absolute Gasteiger partial charge is 0.00605 e. The van der Waals surface area contributed by atoms with Crippen molar-refractivity contribution in [3.8, 4) is 0 Å². The van der Waals surface area contributed by atoms with E-state index in [9.17, 15) is 0 Å². The van der Waals surface area contributed by atoms with E-state index in [1.165, 1.54) is 36.0 Å². The minimum absolute atomic E-state index is 0.440. The van der Waals surface area contributed by atoms with E-state index in [0.717, 1.165) is 12.3 Å². The van der Waals surface area contributed by atoms with E-state index in [1.807, 2.05) is 0 Å². The van der Waals surface area contributed by atoms with Crippen LogP contribution in [0.1, 0.15) is 64.2 Å². The number of hydrogen-bond acceptors (Lipinski definition) is 0.